The van der Waals surface area contributed by atoms with Crippen molar-refractivity contribution in [3.05, 3.63) is 60.2 Å². The summed E-state index contributed by atoms with van der Waals surface area (Å²) in [6.07, 6.45) is 0. The largest absolute Gasteiger partial charge is 0.343 e. The predicted octanol–water partition coefficient (Wildman–Crippen LogP) is 6.82. The third kappa shape index (κ3) is 1.69. The van der Waals surface area contributed by atoms with Crippen molar-refractivity contribution >= 4 is 53.3 Å². The second-order valence-corrected chi connectivity index (χ2v) is 7.97. The van der Waals surface area contributed by atoms with Gasteiger partial charge in [-0.2, -0.15) is 0 Å². The Morgan fingerprint density at radius 2 is 1.58 bits per heavy atom. The number of hydrogen-bond acceptors (Lipinski definition) is 1. The van der Waals surface area contributed by atoms with Gasteiger partial charge in [0, 0.05) is 43.5 Å². The van der Waals surface area contributed by atoms with Crippen LogP contribution in [0.5, 0.6) is 0 Å². The van der Waals surface area contributed by atoms with Crippen LogP contribution in [0.2, 0.25) is 0 Å². The van der Waals surface area contributed by atoms with Gasteiger partial charge in [0.05, 0.1) is 5.52 Å². The third-order valence-corrected chi connectivity index (χ3v) is 6.30. The Morgan fingerprint density at radius 1 is 0.792 bits per heavy atom. The minimum atomic E-state index is 0.524. The summed E-state index contributed by atoms with van der Waals surface area (Å²) < 4.78 is 5.15. The van der Waals surface area contributed by atoms with Gasteiger partial charge >= 0.3 is 0 Å². The van der Waals surface area contributed by atoms with Gasteiger partial charge in [-0.05, 0) is 29.7 Å². The van der Waals surface area contributed by atoms with Gasteiger partial charge in [-0.3, -0.25) is 0 Å². The Hall–Kier alpha value is -2.32. The molecule has 0 bridgehead atoms. The number of aryl methyl sites for hydroxylation is 1. The molecule has 0 saturated heterocycles. The zero-order valence-electron chi connectivity index (χ0n) is 14.1. The van der Waals surface area contributed by atoms with Gasteiger partial charge in [0.1, 0.15) is 0 Å². The highest BCUT2D eigenvalue weighted by atomic mass is 32.1. The zero-order valence-corrected chi connectivity index (χ0v) is 14.9. The Labute approximate surface area is 145 Å². The minimum Gasteiger partial charge on any atom is -0.343 e. The summed E-state index contributed by atoms with van der Waals surface area (Å²) in [5.41, 5.74) is 4.13. The van der Waals surface area contributed by atoms with Crippen LogP contribution in [0.15, 0.2) is 54.6 Å². The molecule has 0 aliphatic heterocycles. The monoisotopic (exact) mass is 329 g/mol. The van der Waals surface area contributed by atoms with E-state index in [-0.39, 0.29) is 0 Å². The van der Waals surface area contributed by atoms with E-state index in [9.17, 15) is 0 Å². The topological polar surface area (TPSA) is 4.93 Å². The molecule has 118 valence electrons. The highest BCUT2D eigenvalue weighted by Crippen LogP contribution is 2.43. The Bertz CT molecular complexity index is 1240. The van der Waals surface area contributed by atoms with Gasteiger partial charge in [0.2, 0.25) is 0 Å². The van der Waals surface area contributed by atoms with E-state index >= 15 is 0 Å². The van der Waals surface area contributed by atoms with E-state index in [1.807, 2.05) is 11.3 Å². The SMILES string of the molecule is CC(C)c1cccc2sc3ccc4c5ccccc5n(C)c4c3c12. The molecule has 0 aliphatic carbocycles. The fourth-order valence-electron chi connectivity index (χ4n) is 4.08. The molecule has 24 heavy (non-hydrogen) atoms. The molecule has 5 rings (SSSR count). The van der Waals surface area contributed by atoms with Crippen molar-refractivity contribution in [3.63, 3.8) is 0 Å². The van der Waals surface area contributed by atoms with Crippen molar-refractivity contribution in [3.8, 4) is 0 Å². The summed E-state index contributed by atoms with van der Waals surface area (Å²) in [4.78, 5) is 0. The molecule has 0 N–H and O–H groups in total. The molecule has 0 unspecified atom stereocenters. The van der Waals surface area contributed by atoms with Gasteiger partial charge in [-0.1, -0.05) is 50.2 Å². The lowest BCUT2D eigenvalue weighted by molar-refractivity contribution is 0.877. The third-order valence-electron chi connectivity index (χ3n) is 5.18. The van der Waals surface area contributed by atoms with E-state index in [1.165, 1.54) is 47.5 Å². The van der Waals surface area contributed by atoms with E-state index < -0.39 is 0 Å². The summed E-state index contributed by atoms with van der Waals surface area (Å²) in [6.45, 7) is 4.58. The van der Waals surface area contributed by atoms with Crippen molar-refractivity contribution in [2.75, 3.05) is 0 Å². The Kier molecular flexibility index (Phi) is 2.84. The average molecular weight is 329 g/mol. The molecular weight excluding hydrogens is 310 g/mol. The molecule has 2 aromatic heterocycles. The number of nitrogens with zero attached hydrogens (tertiary/aromatic N) is 1. The van der Waals surface area contributed by atoms with E-state index in [1.54, 1.807) is 0 Å². The van der Waals surface area contributed by atoms with Gasteiger partial charge in [0.15, 0.2) is 0 Å². The summed E-state index contributed by atoms with van der Waals surface area (Å²) in [7, 11) is 2.20. The molecule has 0 aliphatic rings. The first kappa shape index (κ1) is 14.1. The smallest absolute Gasteiger partial charge is 0.0583 e. The maximum Gasteiger partial charge on any atom is 0.0583 e. The second-order valence-electron chi connectivity index (χ2n) is 6.89. The van der Waals surface area contributed by atoms with Crippen molar-refractivity contribution in [1.29, 1.82) is 0 Å². The van der Waals surface area contributed by atoms with E-state index in [4.69, 9.17) is 0 Å². The molecule has 0 amide bonds. The summed E-state index contributed by atoms with van der Waals surface area (Å²) in [5, 5.41) is 5.58. The molecule has 0 radical (unpaired) electrons. The lowest BCUT2D eigenvalue weighted by atomic mass is 9.96. The molecule has 0 spiro atoms. The van der Waals surface area contributed by atoms with Gasteiger partial charge in [-0.15, -0.1) is 11.3 Å². The highest BCUT2D eigenvalue weighted by Gasteiger charge is 2.17. The number of aromatic nitrogens is 1. The fourth-order valence-corrected chi connectivity index (χ4v) is 5.22. The van der Waals surface area contributed by atoms with Crippen molar-refractivity contribution in [2.45, 2.75) is 19.8 Å². The van der Waals surface area contributed by atoms with Crippen LogP contribution in [0, 0.1) is 0 Å². The number of thiophene rings is 1. The number of fused-ring (bicyclic) bond motifs is 7. The van der Waals surface area contributed by atoms with Crippen LogP contribution in [-0.4, -0.2) is 4.57 Å². The molecular formula is C22H19NS. The van der Waals surface area contributed by atoms with Crippen LogP contribution < -0.4 is 0 Å². The number of para-hydroxylation sites is 1. The fraction of sp³-hybridized carbons (Fsp3) is 0.182. The number of rotatable bonds is 1. The summed E-state index contributed by atoms with van der Waals surface area (Å²) >= 11 is 1.91. The Balaban J connectivity index is 2.13. The van der Waals surface area contributed by atoms with Crippen molar-refractivity contribution < 1.29 is 0 Å². The van der Waals surface area contributed by atoms with Crippen LogP contribution >= 0.6 is 11.3 Å². The quantitative estimate of drug-likeness (QED) is 0.318. The van der Waals surface area contributed by atoms with E-state index in [2.05, 4.69) is 80.1 Å². The van der Waals surface area contributed by atoms with E-state index in [0.29, 0.717) is 5.92 Å². The standard InChI is InChI=1S/C22H19NS/c1-13(2)14-8-6-10-18-20(14)21-19(24-18)12-11-16-15-7-4-5-9-17(15)23(3)22(16)21/h4-13H,1-3H3. The summed E-state index contributed by atoms with van der Waals surface area (Å²) in [6, 6.07) is 20.1. The highest BCUT2D eigenvalue weighted by molar-refractivity contribution is 7.26. The first-order chi connectivity index (χ1) is 11.7. The molecule has 5 aromatic rings. The minimum absolute atomic E-state index is 0.524. The number of benzene rings is 3. The van der Waals surface area contributed by atoms with Crippen LogP contribution in [0.1, 0.15) is 25.3 Å². The second kappa shape index (κ2) is 4.84. The first-order valence-electron chi connectivity index (χ1n) is 8.48. The maximum absolute atomic E-state index is 2.37. The van der Waals surface area contributed by atoms with Crippen LogP contribution in [0.25, 0.3) is 42.0 Å². The molecule has 2 heteroatoms. The number of hydrogen-bond donors (Lipinski definition) is 0. The van der Waals surface area contributed by atoms with Gasteiger partial charge < -0.3 is 4.57 Å². The van der Waals surface area contributed by atoms with Crippen molar-refractivity contribution in [1.82, 2.24) is 4.57 Å². The molecule has 0 fully saturated rings. The lowest BCUT2D eigenvalue weighted by Crippen LogP contribution is -1.90. The van der Waals surface area contributed by atoms with Crippen LogP contribution in [-0.2, 0) is 7.05 Å². The molecule has 0 atom stereocenters. The van der Waals surface area contributed by atoms with Crippen LogP contribution in [0.3, 0.4) is 0 Å². The lowest BCUT2D eigenvalue weighted by Gasteiger charge is -2.09. The van der Waals surface area contributed by atoms with Gasteiger partial charge in [-0.25, -0.2) is 0 Å². The van der Waals surface area contributed by atoms with E-state index in [0.717, 1.165) is 0 Å². The molecule has 0 saturated carbocycles. The molecule has 1 nitrogen and oxygen atoms in total. The normalized spacial score (nSPS) is 12.3. The average Bonchev–Trinajstić information content (AvgIpc) is 3.11. The van der Waals surface area contributed by atoms with Gasteiger partial charge in [0.25, 0.3) is 0 Å². The van der Waals surface area contributed by atoms with Crippen molar-refractivity contribution in [2.24, 2.45) is 7.05 Å². The maximum atomic E-state index is 2.37. The summed E-state index contributed by atoms with van der Waals surface area (Å²) in [5.74, 6) is 0.524. The molecule has 2 heterocycles. The zero-order chi connectivity index (χ0) is 16.4. The molecule has 3 aromatic carbocycles. The van der Waals surface area contributed by atoms with Crippen LogP contribution in [0.4, 0.5) is 0 Å². The Morgan fingerprint density at radius 3 is 2.42 bits per heavy atom. The predicted molar refractivity (Wildman–Crippen MR) is 107 cm³/mol. The first-order valence-corrected chi connectivity index (χ1v) is 9.29.